The number of carbonyl (C=O) groups is 1. The second kappa shape index (κ2) is 10.3. The van der Waals surface area contributed by atoms with E-state index in [0.29, 0.717) is 37.0 Å². The van der Waals surface area contributed by atoms with Gasteiger partial charge < -0.3 is 9.47 Å². The van der Waals surface area contributed by atoms with Gasteiger partial charge in [0, 0.05) is 11.6 Å². The fourth-order valence-corrected chi connectivity index (χ4v) is 2.32. The van der Waals surface area contributed by atoms with Crippen LogP contribution in [0.1, 0.15) is 32.8 Å². The highest BCUT2D eigenvalue weighted by Crippen LogP contribution is 2.21. The van der Waals surface area contributed by atoms with E-state index >= 15 is 0 Å². The van der Waals surface area contributed by atoms with E-state index in [0.717, 1.165) is 10.6 Å². The first-order chi connectivity index (χ1) is 12.8. The molecule has 0 heterocycles. The molecule has 0 saturated carbocycles. The van der Waals surface area contributed by atoms with Gasteiger partial charge in [0.1, 0.15) is 5.60 Å². The fourth-order valence-electron chi connectivity index (χ4n) is 2.19. The quantitative estimate of drug-likeness (QED) is 0.432. The van der Waals surface area contributed by atoms with Crippen molar-refractivity contribution in [1.82, 2.24) is 0 Å². The maximum absolute atomic E-state index is 12.5. The van der Waals surface area contributed by atoms with E-state index < -0.39 is 11.7 Å². The van der Waals surface area contributed by atoms with Crippen molar-refractivity contribution in [2.45, 2.75) is 39.4 Å². The zero-order valence-corrected chi connectivity index (χ0v) is 16.7. The molecule has 0 fully saturated rings. The first-order valence-corrected chi connectivity index (χ1v) is 9.26. The molecule has 1 amide bonds. The van der Waals surface area contributed by atoms with Crippen LogP contribution in [0.5, 0.6) is 0 Å². The van der Waals surface area contributed by atoms with Gasteiger partial charge in [0.15, 0.2) is 0 Å². The first kappa shape index (κ1) is 21.2. The van der Waals surface area contributed by atoms with Gasteiger partial charge in [-0.05, 0) is 57.0 Å². The standard InChI is InChI=1S/C21H26ClNO4/c1-21(2,3)27-20(24)23(19-12-10-18(22)11-13-19)26-15-7-14-25-16-17-8-5-4-6-9-17/h4-6,8-13H,7,14-16H2,1-3H3. The normalized spacial score (nSPS) is 11.3. The number of amides is 1. The number of rotatable bonds is 8. The molecule has 2 rings (SSSR count). The van der Waals surface area contributed by atoms with E-state index in [9.17, 15) is 4.79 Å². The average molecular weight is 392 g/mol. The van der Waals surface area contributed by atoms with E-state index in [4.69, 9.17) is 25.9 Å². The number of halogens is 1. The lowest BCUT2D eigenvalue weighted by atomic mass is 10.2. The summed E-state index contributed by atoms with van der Waals surface area (Å²) in [6.45, 7) is 6.81. The number of hydrogen-bond acceptors (Lipinski definition) is 4. The summed E-state index contributed by atoms with van der Waals surface area (Å²) in [6.07, 6.45) is 0.0646. The summed E-state index contributed by atoms with van der Waals surface area (Å²) in [5, 5.41) is 1.73. The number of hydrogen-bond donors (Lipinski definition) is 0. The van der Waals surface area contributed by atoms with Crippen molar-refractivity contribution in [2.24, 2.45) is 0 Å². The van der Waals surface area contributed by atoms with Gasteiger partial charge in [0.05, 0.1) is 18.9 Å². The van der Waals surface area contributed by atoms with Gasteiger partial charge in [-0.2, -0.15) is 5.06 Å². The Balaban J connectivity index is 1.84. The minimum atomic E-state index is -0.621. The number of nitrogens with zero attached hydrogens (tertiary/aromatic N) is 1. The molecule has 0 spiro atoms. The van der Waals surface area contributed by atoms with Gasteiger partial charge in [-0.3, -0.25) is 4.84 Å². The number of benzene rings is 2. The molecule has 0 aliphatic carbocycles. The molecular formula is C21H26ClNO4. The summed E-state index contributed by atoms with van der Waals surface area (Å²) in [5.74, 6) is 0. The summed E-state index contributed by atoms with van der Waals surface area (Å²) < 4.78 is 11.1. The zero-order chi connectivity index (χ0) is 19.7. The lowest BCUT2D eigenvalue weighted by molar-refractivity contribution is 0.0168. The number of ether oxygens (including phenoxy) is 2. The highest BCUT2D eigenvalue weighted by atomic mass is 35.5. The Morgan fingerprint density at radius 2 is 1.67 bits per heavy atom. The Hall–Kier alpha value is -2.08. The topological polar surface area (TPSA) is 48.0 Å². The molecule has 6 heteroatoms. The minimum Gasteiger partial charge on any atom is -0.442 e. The lowest BCUT2D eigenvalue weighted by Gasteiger charge is -2.26. The third-order valence-electron chi connectivity index (χ3n) is 3.39. The number of hydroxylamine groups is 1. The molecule has 146 valence electrons. The summed E-state index contributed by atoms with van der Waals surface area (Å²) in [7, 11) is 0. The molecule has 0 atom stereocenters. The Kier molecular flexibility index (Phi) is 8.10. The van der Waals surface area contributed by atoms with E-state index in [2.05, 4.69) is 0 Å². The Morgan fingerprint density at radius 3 is 2.30 bits per heavy atom. The van der Waals surface area contributed by atoms with Crippen LogP contribution in [0, 0.1) is 0 Å². The molecule has 27 heavy (non-hydrogen) atoms. The van der Waals surface area contributed by atoms with Crippen molar-refractivity contribution in [1.29, 1.82) is 0 Å². The molecule has 0 aliphatic rings. The predicted octanol–water partition coefficient (Wildman–Crippen LogP) is 5.62. The van der Waals surface area contributed by atoms with Crippen LogP contribution in [0.2, 0.25) is 5.02 Å². The molecule has 0 radical (unpaired) electrons. The second-order valence-corrected chi connectivity index (χ2v) is 7.41. The second-order valence-electron chi connectivity index (χ2n) is 6.98. The highest BCUT2D eigenvalue weighted by Gasteiger charge is 2.24. The molecule has 2 aromatic rings. The molecule has 0 unspecified atom stereocenters. The molecule has 0 N–H and O–H groups in total. The van der Waals surface area contributed by atoms with Crippen LogP contribution in [-0.2, 0) is 20.9 Å². The summed E-state index contributed by atoms with van der Waals surface area (Å²) in [5.41, 5.74) is 1.05. The van der Waals surface area contributed by atoms with Crippen LogP contribution in [0.15, 0.2) is 54.6 Å². The van der Waals surface area contributed by atoms with E-state index in [1.54, 1.807) is 24.3 Å². The molecule has 0 aromatic heterocycles. The molecule has 2 aromatic carbocycles. The SMILES string of the molecule is CC(C)(C)OC(=O)N(OCCCOCc1ccccc1)c1ccc(Cl)cc1. The van der Waals surface area contributed by atoms with Crippen molar-refractivity contribution in [3.05, 3.63) is 65.2 Å². The largest absolute Gasteiger partial charge is 0.442 e. The van der Waals surface area contributed by atoms with Gasteiger partial charge in [-0.15, -0.1) is 0 Å². The third-order valence-corrected chi connectivity index (χ3v) is 3.64. The van der Waals surface area contributed by atoms with E-state index in [-0.39, 0.29) is 0 Å². The number of carbonyl (C=O) groups excluding carboxylic acids is 1. The third kappa shape index (κ3) is 7.99. The summed E-state index contributed by atoms with van der Waals surface area (Å²) >= 11 is 5.92. The van der Waals surface area contributed by atoms with Crippen LogP contribution < -0.4 is 5.06 Å². The fraction of sp³-hybridized carbons (Fsp3) is 0.381. The van der Waals surface area contributed by atoms with Crippen LogP contribution >= 0.6 is 11.6 Å². The van der Waals surface area contributed by atoms with E-state index in [1.807, 2.05) is 51.1 Å². The molecule has 5 nitrogen and oxygen atoms in total. The smallest absolute Gasteiger partial charge is 0.439 e. The average Bonchev–Trinajstić information content (AvgIpc) is 2.61. The Bertz CT molecular complexity index is 698. The van der Waals surface area contributed by atoms with Gasteiger partial charge in [-0.1, -0.05) is 41.9 Å². The maximum atomic E-state index is 12.5. The van der Waals surface area contributed by atoms with Crippen molar-refractivity contribution in [3.63, 3.8) is 0 Å². The van der Waals surface area contributed by atoms with Crippen molar-refractivity contribution in [3.8, 4) is 0 Å². The van der Waals surface area contributed by atoms with Gasteiger partial charge in [0.25, 0.3) is 0 Å². The molecule has 0 aliphatic heterocycles. The maximum Gasteiger partial charge on any atom is 0.439 e. The van der Waals surface area contributed by atoms with Crippen LogP contribution in [0.3, 0.4) is 0 Å². The highest BCUT2D eigenvalue weighted by molar-refractivity contribution is 6.30. The lowest BCUT2D eigenvalue weighted by Crippen LogP contribution is -2.37. The van der Waals surface area contributed by atoms with E-state index in [1.165, 1.54) is 0 Å². The molecule has 0 bridgehead atoms. The van der Waals surface area contributed by atoms with Gasteiger partial charge in [0.2, 0.25) is 0 Å². The monoisotopic (exact) mass is 391 g/mol. The zero-order valence-electron chi connectivity index (χ0n) is 16.0. The number of anilines is 1. The van der Waals surface area contributed by atoms with Crippen molar-refractivity contribution >= 4 is 23.4 Å². The van der Waals surface area contributed by atoms with Gasteiger partial charge >= 0.3 is 6.09 Å². The van der Waals surface area contributed by atoms with Crippen molar-refractivity contribution in [2.75, 3.05) is 18.3 Å². The molecule has 0 saturated heterocycles. The van der Waals surface area contributed by atoms with Crippen molar-refractivity contribution < 1.29 is 19.1 Å². The van der Waals surface area contributed by atoms with Gasteiger partial charge in [-0.25, -0.2) is 4.79 Å². The summed E-state index contributed by atoms with van der Waals surface area (Å²) in [6, 6.07) is 16.8. The Morgan fingerprint density at radius 1 is 1.00 bits per heavy atom. The minimum absolute atomic E-state index is 0.316. The first-order valence-electron chi connectivity index (χ1n) is 8.88. The summed E-state index contributed by atoms with van der Waals surface area (Å²) in [4.78, 5) is 18.1. The van der Waals surface area contributed by atoms with Crippen LogP contribution in [0.25, 0.3) is 0 Å². The predicted molar refractivity (Wildman–Crippen MR) is 107 cm³/mol. The Labute approximate surface area is 165 Å². The van der Waals surface area contributed by atoms with Crippen LogP contribution in [0.4, 0.5) is 10.5 Å². The van der Waals surface area contributed by atoms with Crippen LogP contribution in [-0.4, -0.2) is 24.9 Å². The molecular weight excluding hydrogens is 366 g/mol.